The van der Waals surface area contributed by atoms with Gasteiger partial charge in [0.05, 0.1) is 18.4 Å². The molecule has 0 aromatic heterocycles. The fourth-order valence-electron chi connectivity index (χ4n) is 1.55. The van der Waals surface area contributed by atoms with E-state index in [0.717, 1.165) is 6.61 Å². The molecule has 0 saturated heterocycles. The largest absolute Gasteiger partial charge is 0.389 e. The third kappa shape index (κ3) is 4.32. The van der Waals surface area contributed by atoms with E-state index in [9.17, 15) is 9.50 Å². The van der Waals surface area contributed by atoms with E-state index in [1.54, 1.807) is 18.2 Å². The molecule has 1 aliphatic carbocycles. The molecule has 1 unspecified atom stereocenters. The van der Waals surface area contributed by atoms with Crippen molar-refractivity contribution in [3.63, 3.8) is 0 Å². The number of benzene rings is 1. The SMILES string of the molecule is OC(CNc1ccccc1F)COCC1CC1. The van der Waals surface area contributed by atoms with Crippen molar-refractivity contribution in [1.82, 2.24) is 0 Å². The van der Waals surface area contributed by atoms with Crippen molar-refractivity contribution >= 4 is 5.69 Å². The van der Waals surface area contributed by atoms with E-state index in [-0.39, 0.29) is 5.82 Å². The first kappa shape index (κ1) is 12.3. The average Bonchev–Trinajstić information content (AvgIpc) is 3.12. The van der Waals surface area contributed by atoms with Crippen LogP contribution in [-0.4, -0.2) is 31.0 Å². The second kappa shape index (κ2) is 5.98. The molecule has 1 atom stereocenters. The summed E-state index contributed by atoms with van der Waals surface area (Å²) >= 11 is 0. The summed E-state index contributed by atoms with van der Waals surface area (Å²) in [6.45, 7) is 1.33. The number of nitrogens with one attached hydrogen (secondary N) is 1. The highest BCUT2D eigenvalue weighted by atomic mass is 19.1. The predicted molar refractivity (Wildman–Crippen MR) is 64.4 cm³/mol. The highest BCUT2D eigenvalue weighted by Gasteiger charge is 2.21. The Bertz CT molecular complexity index is 355. The zero-order valence-corrected chi connectivity index (χ0v) is 9.73. The fourth-order valence-corrected chi connectivity index (χ4v) is 1.55. The topological polar surface area (TPSA) is 41.5 Å². The van der Waals surface area contributed by atoms with Crippen molar-refractivity contribution in [3.8, 4) is 0 Å². The van der Waals surface area contributed by atoms with Gasteiger partial charge in [0, 0.05) is 13.2 Å². The maximum atomic E-state index is 13.2. The number of aliphatic hydroxyl groups is 1. The van der Waals surface area contributed by atoms with E-state index in [2.05, 4.69) is 5.32 Å². The first-order valence-corrected chi connectivity index (χ1v) is 6.00. The van der Waals surface area contributed by atoms with Crippen LogP contribution in [0.25, 0.3) is 0 Å². The molecule has 94 valence electrons. The fraction of sp³-hybridized carbons (Fsp3) is 0.538. The van der Waals surface area contributed by atoms with Gasteiger partial charge in [-0.15, -0.1) is 0 Å². The summed E-state index contributed by atoms with van der Waals surface area (Å²) in [7, 11) is 0. The maximum Gasteiger partial charge on any atom is 0.146 e. The Morgan fingerprint density at radius 2 is 2.18 bits per heavy atom. The van der Waals surface area contributed by atoms with E-state index in [4.69, 9.17) is 4.74 Å². The van der Waals surface area contributed by atoms with Crippen LogP contribution in [0.1, 0.15) is 12.8 Å². The van der Waals surface area contributed by atoms with E-state index in [0.29, 0.717) is 24.8 Å². The van der Waals surface area contributed by atoms with Crippen molar-refractivity contribution in [2.45, 2.75) is 18.9 Å². The molecule has 1 saturated carbocycles. The average molecular weight is 239 g/mol. The highest BCUT2D eigenvalue weighted by Crippen LogP contribution is 2.28. The minimum atomic E-state index is -0.603. The summed E-state index contributed by atoms with van der Waals surface area (Å²) in [5.41, 5.74) is 0.411. The van der Waals surface area contributed by atoms with E-state index in [1.165, 1.54) is 18.9 Å². The van der Waals surface area contributed by atoms with Gasteiger partial charge in [0.15, 0.2) is 0 Å². The summed E-state index contributed by atoms with van der Waals surface area (Å²) in [5, 5.41) is 12.5. The molecular weight excluding hydrogens is 221 g/mol. The van der Waals surface area contributed by atoms with Gasteiger partial charge in [0.2, 0.25) is 0 Å². The zero-order chi connectivity index (χ0) is 12.1. The standard InChI is InChI=1S/C13H18FNO2/c14-12-3-1-2-4-13(12)15-7-11(16)9-17-8-10-5-6-10/h1-4,10-11,15-16H,5-9H2. The van der Waals surface area contributed by atoms with Crippen molar-refractivity contribution in [2.24, 2.45) is 5.92 Å². The molecule has 0 bridgehead atoms. The van der Waals surface area contributed by atoms with Gasteiger partial charge >= 0.3 is 0 Å². The summed E-state index contributed by atoms with van der Waals surface area (Å²) < 4.78 is 18.6. The number of hydrogen-bond acceptors (Lipinski definition) is 3. The van der Waals surface area contributed by atoms with Gasteiger partial charge in [-0.1, -0.05) is 12.1 Å². The first-order chi connectivity index (χ1) is 8.25. The van der Waals surface area contributed by atoms with Crippen LogP contribution in [0.2, 0.25) is 0 Å². The molecular formula is C13H18FNO2. The molecule has 1 fully saturated rings. The zero-order valence-electron chi connectivity index (χ0n) is 9.73. The molecule has 0 radical (unpaired) electrons. The lowest BCUT2D eigenvalue weighted by molar-refractivity contribution is 0.0386. The minimum Gasteiger partial charge on any atom is -0.389 e. The normalized spacial score (nSPS) is 16.8. The number of aliphatic hydroxyl groups excluding tert-OH is 1. The molecule has 2 rings (SSSR count). The van der Waals surface area contributed by atoms with Crippen LogP contribution >= 0.6 is 0 Å². The lowest BCUT2D eigenvalue weighted by Crippen LogP contribution is -2.25. The Hall–Kier alpha value is -1.13. The monoisotopic (exact) mass is 239 g/mol. The number of halogens is 1. The number of anilines is 1. The molecule has 0 spiro atoms. The quantitative estimate of drug-likeness (QED) is 0.765. The number of hydrogen-bond donors (Lipinski definition) is 2. The number of para-hydroxylation sites is 1. The van der Waals surface area contributed by atoms with Gasteiger partial charge in [-0.2, -0.15) is 0 Å². The van der Waals surface area contributed by atoms with Gasteiger partial charge in [0.25, 0.3) is 0 Å². The Morgan fingerprint density at radius 3 is 2.88 bits per heavy atom. The Labute approximate surface area is 101 Å². The number of rotatable bonds is 7. The lowest BCUT2D eigenvalue weighted by atomic mass is 10.3. The maximum absolute atomic E-state index is 13.2. The lowest BCUT2D eigenvalue weighted by Gasteiger charge is -2.13. The van der Waals surface area contributed by atoms with Crippen LogP contribution < -0.4 is 5.32 Å². The van der Waals surface area contributed by atoms with Crippen molar-refractivity contribution < 1.29 is 14.2 Å². The molecule has 2 N–H and O–H groups in total. The third-order valence-corrected chi connectivity index (χ3v) is 2.76. The van der Waals surface area contributed by atoms with Crippen LogP contribution in [0.5, 0.6) is 0 Å². The summed E-state index contributed by atoms with van der Waals surface area (Å²) in [4.78, 5) is 0. The van der Waals surface area contributed by atoms with Crippen molar-refractivity contribution in [1.29, 1.82) is 0 Å². The molecule has 17 heavy (non-hydrogen) atoms. The second-order valence-corrected chi connectivity index (χ2v) is 4.50. The molecule has 0 amide bonds. The molecule has 0 aliphatic heterocycles. The van der Waals surface area contributed by atoms with Gasteiger partial charge < -0.3 is 15.2 Å². The summed E-state index contributed by atoms with van der Waals surface area (Å²) in [6.07, 6.45) is 1.88. The van der Waals surface area contributed by atoms with E-state index in [1.807, 2.05) is 0 Å². The van der Waals surface area contributed by atoms with Gasteiger partial charge in [-0.05, 0) is 30.9 Å². The third-order valence-electron chi connectivity index (χ3n) is 2.76. The van der Waals surface area contributed by atoms with E-state index >= 15 is 0 Å². The first-order valence-electron chi connectivity index (χ1n) is 6.00. The van der Waals surface area contributed by atoms with Crippen LogP contribution in [0.3, 0.4) is 0 Å². The molecule has 3 nitrogen and oxygen atoms in total. The molecule has 0 heterocycles. The van der Waals surface area contributed by atoms with E-state index < -0.39 is 6.10 Å². The predicted octanol–water partition coefficient (Wildman–Crippen LogP) is 2.03. The summed E-state index contributed by atoms with van der Waals surface area (Å²) in [5.74, 6) is 0.389. The van der Waals surface area contributed by atoms with Gasteiger partial charge in [-0.3, -0.25) is 0 Å². The minimum absolute atomic E-state index is 0.297. The van der Waals surface area contributed by atoms with Crippen LogP contribution in [-0.2, 0) is 4.74 Å². The van der Waals surface area contributed by atoms with Crippen molar-refractivity contribution in [3.05, 3.63) is 30.1 Å². The molecule has 4 heteroatoms. The Balaban J connectivity index is 1.64. The molecule has 1 aliphatic rings. The molecule has 1 aromatic rings. The van der Waals surface area contributed by atoms with Crippen molar-refractivity contribution in [2.75, 3.05) is 25.1 Å². The Morgan fingerprint density at radius 1 is 1.41 bits per heavy atom. The Kier molecular flexibility index (Phi) is 4.34. The van der Waals surface area contributed by atoms with Crippen LogP contribution in [0.15, 0.2) is 24.3 Å². The number of ether oxygens (including phenoxy) is 1. The van der Waals surface area contributed by atoms with Gasteiger partial charge in [-0.25, -0.2) is 4.39 Å². The second-order valence-electron chi connectivity index (χ2n) is 4.50. The van der Waals surface area contributed by atoms with Gasteiger partial charge in [0.1, 0.15) is 5.82 Å². The highest BCUT2D eigenvalue weighted by molar-refractivity contribution is 5.44. The smallest absolute Gasteiger partial charge is 0.146 e. The van der Waals surface area contributed by atoms with Crippen LogP contribution in [0, 0.1) is 11.7 Å². The van der Waals surface area contributed by atoms with Crippen LogP contribution in [0.4, 0.5) is 10.1 Å². The molecule has 1 aromatic carbocycles. The summed E-state index contributed by atoms with van der Waals surface area (Å²) in [6, 6.07) is 6.42.